The van der Waals surface area contributed by atoms with Crippen LogP contribution in [0.4, 0.5) is 5.69 Å². The van der Waals surface area contributed by atoms with E-state index in [4.69, 9.17) is 9.68 Å². The van der Waals surface area contributed by atoms with Crippen LogP contribution in [0.2, 0.25) is 0 Å². The minimum atomic E-state index is -0.262. The number of carbonyl (C=O) groups excluding carboxylic acids is 1. The highest BCUT2D eigenvalue weighted by Gasteiger charge is 2.19. The topological polar surface area (TPSA) is 96.7 Å². The summed E-state index contributed by atoms with van der Waals surface area (Å²) in [5.74, 6) is 0.319. The van der Waals surface area contributed by atoms with E-state index in [1.165, 1.54) is 0 Å². The van der Waals surface area contributed by atoms with Crippen LogP contribution < -0.4 is 5.32 Å². The van der Waals surface area contributed by atoms with Gasteiger partial charge in [0.05, 0.1) is 35.9 Å². The van der Waals surface area contributed by atoms with Gasteiger partial charge in [0.2, 0.25) is 0 Å². The van der Waals surface area contributed by atoms with Crippen molar-refractivity contribution in [1.29, 1.82) is 5.26 Å². The van der Waals surface area contributed by atoms with Crippen LogP contribution in [0, 0.1) is 11.3 Å². The SMILES string of the molecule is CC(C)n1ncc2c(C(=O)Nc3ccc(CC#N)cc3)cc(-c3ccco3)nc21. The van der Waals surface area contributed by atoms with Gasteiger partial charge in [-0.2, -0.15) is 10.4 Å². The normalized spacial score (nSPS) is 11.0. The number of rotatable bonds is 5. The molecule has 7 heteroatoms. The van der Waals surface area contributed by atoms with Gasteiger partial charge < -0.3 is 9.73 Å². The highest BCUT2D eigenvalue weighted by Crippen LogP contribution is 2.27. The molecule has 1 aromatic carbocycles. The zero-order valence-corrected chi connectivity index (χ0v) is 16.1. The van der Waals surface area contributed by atoms with E-state index < -0.39 is 0 Å². The largest absolute Gasteiger partial charge is 0.463 e. The summed E-state index contributed by atoms with van der Waals surface area (Å²) in [5.41, 5.74) is 3.21. The van der Waals surface area contributed by atoms with Gasteiger partial charge in [0.25, 0.3) is 5.91 Å². The van der Waals surface area contributed by atoms with Gasteiger partial charge in [0, 0.05) is 11.7 Å². The predicted octanol–water partition coefficient (Wildman–Crippen LogP) is 4.59. The Bertz CT molecular complexity index is 1200. The second kappa shape index (κ2) is 7.60. The summed E-state index contributed by atoms with van der Waals surface area (Å²) in [7, 11) is 0. The lowest BCUT2D eigenvalue weighted by Crippen LogP contribution is -2.13. The Morgan fingerprint density at radius 3 is 2.72 bits per heavy atom. The maximum Gasteiger partial charge on any atom is 0.256 e. The molecule has 0 spiro atoms. The lowest BCUT2D eigenvalue weighted by atomic mass is 10.1. The molecule has 0 atom stereocenters. The predicted molar refractivity (Wildman–Crippen MR) is 109 cm³/mol. The molecule has 0 unspecified atom stereocenters. The number of nitrogens with zero attached hydrogens (tertiary/aromatic N) is 4. The molecule has 3 heterocycles. The zero-order valence-electron chi connectivity index (χ0n) is 16.1. The fourth-order valence-corrected chi connectivity index (χ4v) is 3.13. The summed E-state index contributed by atoms with van der Waals surface area (Å²) in [5, 5.41) is 16.8. The maximum atomic E-state index is 13.1. The van der Waals surface area contributed by atoms with Crippen LogP contribution in [-0.2, 0) is 6.42 Å². The Hall–Kier alpha value is -3.92. The average molecular weight is 385 g/mol. The van der Waals surface area contributed by atoms with Crippen molar-refractivity contribution in [2.24, 2.45) is 0 Å². The number of fused-ring (bicyclic) bond motifs is 1. The molecule has 3 aromatic heterocycles. The number of nitrogens with one attached hydrogen (secondary N) is 1. The van der Waals surface area contributed by atoms with Crippen molar-refractivity contribution in [3.05, 3.63) is 66.1 Å². The monoisotopic (exact) mass is 385 g/mol. The Morgan fingerprint density at radius 1 is 1.28 bits per heavy atom. The molecule has 29 heavy (non-hydrogen) atoms. The van der Waals surface area contributed by atoms with E-state index in [1.54, 1.807) is 47.5 Å². The van der Waals surface area contributed by atoms with Crippen LogP contribution in [0.3, 0.4) is 0 Å². The first-order valence-corrected chi connectivity index (χ1v) is 9.26. The third kappa shape index (κ3) is 3.60. The molecule has 0 aliphatic rings. The van der Waals surface area contributed by atoms with Crippen LogP contribution in [0.25, 0.3) is 22.5 Å². The first-order chi connectivity index (χ1) is 14.1. The number of pyridine rings is 1. The summed E-state index contributed by atoms with van der Waals surface area (Å²) >= 11 is 0. The highest BCUT2D eigenvalue weighted by molar-refractivity contribution is 6.12. The molecule has 7 nitrogen and oxygen atoms in total. The van der Waals surface area contributed by atoms with Gasteiger partial charge in [0.15, 0.2) is 11.4 Å². The molecule has 0 saturated heterocycles. The van der Waals surface area contributed by atoms with Gasteiger partial charge in [-0.25, -0.2) is 9.67 Å². The van der Waals surface area contributed by atoms with E-state index in [0.29, 0.717) is 40.2 Å². The number of carbonyl (C=O) groups is 1. The number of benzene rings is 1. The number of hydrogen-bond donors (Lipinski definition) is 1. The van der Waals surface area contributed by atoms with Gasteiger partial charge in [-0.05, 0) is 49.7 Å². The molecule has 1 amide bonds. The van der Waals surface area contributed by atoms with Crippen molar-refractivity contribution in [1.82, 2.24) is 14.8 Å². The molecule has 0 aliphatic carbocycles. The van der Waals surface area contributed by atoms with Crippen molar-refractivity contribution >= 4 is 22.6 Å². The number of aromatic nitrogens is 3. The third-order valence-corrected chi connectivity index (χ3v) is 4.57. The van der Waals surface area contributed by atoms with E-state index in [2.05, 4.69) is 21.5 Å². The summed E-state index contributed by atoms with van der Waals surface area (Å²) in [4.78, 5) is 17.8. The Balaban J connectivity index is 1.75. The molecule has 0 bridgehead atoms. The van der Waals surface area contributed by atoms with E-state index in [-0.39, 0.29) is 11.9 Å². The van der Waals surface area contributed by atoms with E-state index in [1.807, 2.05) is 26.0 Å². The molecule has 1 N–H and O–H groups in total. The molecular weight excluding hydrogens is 366 g/mol. The molecule has 0 saturated carbocycles. The molecule has 0 fully saturated rings. The van der Waals surface area contributed by atoms with Crippen molar-refractivity contribution in [3.8, 4) is 17.5 Å². The van der Waals surface area contributed by atoms with Gasteiger partial charge in [-0.1, -0.05) is 12.1 Å². The van der Waals surface area contributed by atoms with Crippen LogP contribution in [0.15, 0.2) is 59.3 Å². The number of furan rings is 1. The van der Waals surface area contributed by atoms with E-state index >= 15 is 0 Å². The van der Waals surface area contributed by atoms with Crippen molar-refractivity contribution < 1.29 is 9.21 Å². The molecule has 144 valence electrons. The number of nitriles is 1. The third-order valence-electron chi connectivity index (χ3n) is 4.57. The lowest BCUT2D eigenvalue weighted by Gasteiger charge is -2.10. The summed E-state index contributed by atoms with van der Waals surface area (Å²) in [6.45, 7) is 4.02. The van der Waals surface area contributed by atoms with Crippen molar-refractivity contribution in [2.45, 2.75) is 26.3 Å². The summed E-state index contributed by atoms with van der Waals surface area (Å²) < 4.78 is 7.27. The molecule has 4 aromatic rings. The van der Waals surface area contributed by atoms with Crippen LogP contribution in [-0.4, -0.2) is 20.7 Å². The molecular formula is C22H19N5O2. The summed E-state index contributed by atoms with van der Waals surface area (Å²) in [6, 6.07) is 14.7. The average Bonchev–Trinajstić information content (AvgIpc) is 3.38. The van der Waals surface area contributed by atoms with Gasteiger partial charge in [0.1, 0.15) is 5.69 Å². The number of hydrogen-bond acceptors (Lipinski definition) is 5. The molecule has 0 radical (unpaired) electrons. The second-order valence-electron chi connectivity index (χ2n) is 6.94. The van der Waals surface area contributed by atoms with Crippen LogP contribution >= 0.6 is 0 Å². The summed E-state index contributed by atoms with van der Waals surface area (Å²) in [6.07, 6.45) is 3.57. The highest BCUT2D eigenvalue weighted by atomic mass is 16.3. The number of anilines is 1. The Morgan fingerprint density at radius 2 is 2.07 bits per heavy atom. The minimum Gasteiger partial charge on any atom is -0.463 e. The fraction of sp³-hybridized carbons (Fsp3) is 0.182. The smallest absolute Gasteiger partial charge is 0.256 e. The first kappa shape index (κ1) is 18.4. The van der Waals surface area contributed by atoms with Crippen molar-refractivity contribution in [3.63, 3.8) is 0 Å². The standard InChI is InChI=1S/C22H19N5O2/c1-14(2)27-21-18(13-24-27)17(12-19(26-21)20-4-3-11-29-20)22(28)25-16-7-5-15(6-8-16)9-10-23/h3-8,11-14H,9H2,1-2H3,(H,25,28). The van der Waals surface area contributed by atoms with Crippen LogP contribution in [0.1, 0.15) is 35.8 Å². The van der Waals surface area contributed by atoms with Gasteiger partial charge in [-0.15, -0.1) is 0 Å². The maximum absolute atomic E-state index is 13.1. The lowest BCUT2D eigenvalue weighted by molar-refractivity contribution is 0.102. The Labute approximate surface area is 167 Å². The van der Waals surface area contributed by atoms with E-state index in [9.17, 15) is 4.79 Å². The molecule has 0 aliphatic heterocycles. The van der Waals surface area contributed by atoms with Crippen molar-refractivity contribution in [2.75, 3.05) is 5.32 Å². The Kier molecular flexibility index (Phi) is 4.83. The van der Waals surface area contributed by atoms with Gasteiger partial charge in [-0.3, -0.25) is 4.79 Å². The molecule has 4 rings (SSSR count). The van der Waals surface area contributed by atoms with Crippen LogP contribution in [0.5, 0.6) is 0 Å². The van der Waals surface area contributed by atoms with E-state index in [0.717, 1.165) is 5.56 Å². The zero-order chi connectivity index (χ0) is 20.4. The first-order valence-electron chi connectivity index (χ1n) is 9.26. The second-order valence-corrected chi connectivity index (χ2v) is 6.94. The number of amides is 1. The quantitative estimate of drug-likeness (QED) is 0.542. The van der Waals surface area contributed by atoms with Gasteiger partial charge >= 0.3 is 0 Å². The fourth-order valence-electron chi connectivity index (χ4n) is 3.13. The minimum absolute atomic E-state index is 0.0930.